The van der Waals surface area contributed by atoms with Gasteiger partial charge in [-0.15, -0.1) is 0 Å². The van der Waals surface area contributed by atoms with E-state index in [-0.39, 0.29) is 16.9 Å². The quantitative estimate of drug-likeness (QED) is 0.841. The molecule has 3 nitrogen and oxygen atoms in total. The van der Waals surface area contributed by atoms with Gasteiger partial charge in [-0.2, -0.15) is 8.78 Å². The third-order valence-corrected chi connectivity index (χ3v) is 3.12. The number of amides is 1. The Morgan fingerprint density at radius 3 is 2.48 bits per heavy atom. The summed E-state index contributed by atoms with van der Waals surface area (Å²) in [6.07, 6.45) is 0. The number of para-hydroxylation sites is 1. The first kappa shape index (κ1) is 16.8. The summed E-state index contributed by atoms with van der Waals surface area (Å²) in [5.74, 6) is -2.54. The Morgan fingerprint density at radius 2 is 1.83 bits per heavy atom. The molecule has 0 saturated heterocycles. The third kappa shape index (κ3) is 4.21. The number of benzene rings is 2. The Morgan fingerprint density at radius 1 is 1.13 bits per heavy atom. The van der Waals surface area contributed by atoms with Crippen LogP contribution < -0.4 is 10.1 Å². The molecule has 0 aliphatic heterocycles. The predicted octanol–water partition coefficient (Wildman–Crippen LogP) is 4.06. The zero-order valence-electron chi connectivity index (χ0n) is 12.0. The number of halogens is 4. The van der Waals surface area contributed by atoms with E-state index in [0.717, 1.165) is 6.07 Å². The minimum Gasteiger partial charge on any atom is -0.434 e. The molecule has 2 aromatic rings. The summed E-state index contributed by atoms with van der Waals surface area (Å²) in [4.78, 5) is 12.2. The number of alkyl halides is 2. The van der Waals surface area contributed by atoms with Crippen LogP contribution in [0.1, 0.15) is 28.9 Å². The summed E-state index contributed by atoms with van der Waals surface area (Å²) in [7, 11) is 0. The molecular weight excluding hydrogens is 314 g/mol. The molecule has 0 aromatic heterocycles. The van der Waals surface area contributed by atoms with Crippen LogP contribution in [0.15, 0.2) is 42.5 Å². The average molecular weight is 327 g/mol. The number of ether oxygens (including phenoxy) is 1. The SMILES string of the molecule is C[C@H](NC(=O)c1ccccc1OC(F)F)c1ccc(F)cc1F. The standard InChI is InChI=1S/C16H13F4NO2/c1-9(11-7-6-10(17)8-13(11)18)21-15(22)12-4-2-3-5-14(12)23-16(19)20/h2-9,16H,1H3,(H,21,22)/t9-/m0/s1. The van der Waals surface area contributed by atoms with Gasteiger partial charge in [0.15, 0.2) is 0 Å². The van der Waals surface area contributed by atoms with E-state index in [1.165, 1.54) is 37.3 Å². The molecule has 23 heavy (non-hydrogen) atoms. The molecule has 7 heteroatoms. The van der Waals surface area contributed by atoms with Gasteiger partial charge in [-0.05, 0) is 25.1 Å². The molecule has 0 unspecified atom stereocenters. The summed E-state index contributed by atoms with van der Waals surface area (Å²) in [5.41, 5.74) is -0.0332. The minimum atomic E-state index is -3.07. The molecule has 0 aliphatic carbocycles. The predicted molar refractivity (Wildman–Crippen MR) is 75.3 cm³/mol. The first-order valence-electron chi connectivity index (χ1n) is 6.68. The van der Waals surface area contributed by atoms with Crippen LogP contribution in [0.4, 0.5) is 17.6 Å². The molecular formula is C16H13F4NO2. The van der Waals surface area contributed by atoms with E-state index in [1.54, 1.807) is 0 Å². The Labute approximate surface area is 129 Å². The Balaban J connectivity index is 2.18. The van der Waals surface area contributed by atoms with Gasteiger partial charge in [0.2, 0.25) is 0 Å². The van der Waals surface area contributed by atoms with Crippen molar-refractivity contribution >= 4 is 5.91 Å². The zero-order chi connectivity index (χ0) is 17.0. The van der Waals surface area contributed by atoms with Gasteiger partial charge in [0.25, 0.3) is 5.91 Å². The van der Waals surface area contributed by atoms with Crippen LogP contribution in [-0.2, 0) is 0 Å². The highest BCUT2D eigenvalue weighted by Gasteiger charge is 2.19. The van der Waals surface area contributed by atoms with Crippen molar-refractivity contribution in [3.63, 3.8) is 0 Å². The number of carbonyl (C=O) groups excluding carboxylic acids is 1. The Hall–Kier alpha value is -2.57. The summed E-state index contributed by atoms with van der Waals surface area (Å²) in [5, 5.41) is 2.46. The summed E-state index contributed by atoms with van der Waals surface area (Å²) in [6, 6.07) is 7.64. The lowest BCUT2D eigenvalue weighted by Crippen LogP contribution is -2.28. The van der Waals surface area contributed by atoms with E-state index in [2.05, 4.69) is 10.1 Å². The van der Waals surface area contributed by atoms with Crippen LogP contribution in [0, 0.1) is 11.6 Å². The summed E-state index contributed by atoms with van der Waals surface area (Å²) >= 11 is 0. The van der Waals surface area contributed by atoms with Crippen molar-refractivity contribution in [2.75, 3.05) is 0 Å². The van der Waals surface area contributed by atoms with Crippen LogP contribution in [0.25, 0.3) is 0 Å². The maximum atomic E-state index is 13.7. The maximum absolute atomic E-state index is 13.7. The lowest BCUT2D eigenvalue weighted by Gasteiger charge is -2.16. The molecule has 1 N–H and O–H groups in total. The third-order valence-electron chi connectivity index (χ3n) is 3.12. The number of rotatable bonds is 5. The molecule has 122 valence electrons. The topological polar surface area (TPSA) is 38.3 Å². The molecule has 0 aliphatic rings. The molecule has 0 radical (unpaired) electrons. The van der Waals surface area contributed by atoms with Gasteiger partial charge in [0.1, 0.15) is 17.4 Å². The molecule has 0 saturated carbocycles. The lowest BCUT2D eigenvalue weighted by atomic mass is 10.1. The highest BCUT2D eigenvalue weighted by Crippen LogP contribution is 2.22. The molecule has 0 spiro atoms. The molecule has 1 atom stereocenters. The normalized spacial score (nSPS) is 12.1. The molecule has 1 amide bonds. The van der Waals surface area contributed by atoms with Crippen LogP contribution in [0.3, 0.4) is 0 Å². The first-order valence-corrected chi connectivity index (χ1v) is 6.68. The van der Waals surface area contributed by atoms with Crippen molar-refractivity contribution in [1.82, 2.24) is 5.32 Å². The summed E-state index contributed by atoms with van der Waals surface area (Å²) < 4.78 is 55.5. The Kier molecular flexibility index (Phi) is 5.20. The molecule has 2 aromatic carbocycles. The molecule has 0 heterocycles. The number of hydrogen-bond acceptors (Lipinski definition) is 2. The van der Waals surface area contributed by atoms with Crippen LogP contribution in [-0.4, -0.2) is 12.5 Å². The smallest absolute Gasteiger partial charge is 0.387 e. The number of hydrogen-bond donors (Lipinski definition) is 1. The second-order valence-electron chi connectivity index (χ2n) is 4.74. The van der Waals surface area contributed by atoms with E-state index in [1.807, 2.05) is 0 Å². The monoisotopic (exact) mass is 327 g/mol. The van der Waals surface area contributed by atoms with Gasteiger partial charge >= 0.3 is 6.61 Å². The average Bonchev–Trinajstić information content (AvgIpc) is 2.46. The van der Waals surface area contributed by atoms with Gasteiger partial charge in [-0.1, -0.05) is 18.2 Å². The summed E-state index contributed by atoms with van der Waals surface area (Å²) in [6.45, 7) is -1.58. The van der Waals surface area contributed by atoms with Gasteiger partial charge in [0.05, 0.1) is 11.6 Å². The van der Waals surface area contributed by atoms with Crippen LogP contribution >= 0.6 is 0 Å². The molecule has 0 bridgehead atoms. The largest absolute Gasteiger partial charge is 0.434 e. The van der Waals surface area contributed by atoms with E-state index >= 15 is 0 Å². The van der Waals surface area contributed by atoms with E-state index in [4.69, 9.17) is 0 Å². The second-order valence-corrected chi connectivity index (χ2v) is 4.74. The van der Waals surface area contributed by atoms with E-state index < -0.39 is 30.2 Å². The fraction of sp³-hybridized carbons (Fsp3) is 0.188. The molecule has 0 fully saturated rings. The van der Waals surface area contributed by atoms with E-state index in [0.29, 0.717) is 6.07 Å². The second kappa shape index (κ2) is 7.13. The van der Waals surface area contributed by atoms with Gasteiger partial charge in [-0.3, -0.25) is 4.79 Å². The van der Waals surface area contributed by atoms with Gasteiger partial charge < -0.3 is 10.1 Å². The highest BCUT2D eigenvalue weighted by molar-refractivity contribution is 5.97. The van der Waals surface area contributed by atoms with Crippen molar-refractivity contribution < 1.29 is 27.1 Å². The minimum absolute atomic E-state index is 0.0759. The van der Waals surface area contributed by atoms with Crippen molar-refractivity contribution in [2.24, 2.45) is 0 Å². The lowest BCUT2D eigenvalue weighted by molar-refractivity contribution is -0.0501. The molecule has 2 rings (SSSR count). The van der Waals surface area contributed by atoms with Crippen LogP contribution in [0.2, 0.25) is 0 Å². The number of nitrogens with one attached hydrogen (secondary N) is 1. The van der Waals surface area contributed by atoms with E-state index in [9.17, 15) is 22.4 Å². The van der Waals surface area contributed by atoms with Crippen molar-refractivity contribution in [3.05, 3.63) is 65.2 Å². The van der Waals surface area contributed by atoms with Crippen LogP contribution in [0.5, 0.6) is 5.75 Å². The fourth-order valence-electron chi connectivity index (χ4n) is 2.06. The van der Waals surface area contributed by atoms with Crippen molar-refractivity contribution in [3.8, 4) is 5.75 Å². The fourth-order valence-corrected chi connectivity index (χ4v) is 2.06. The first-order chi connectivity index (χ1) is 10.9. The number of carbonyl (C=O) groups is 1. The van der Waals surface area contributed by atoms with Gasteiger partial charge in [-0.25, -0.2) is 8.78 Å². The Bertz CT molecular complexity index is 706. The van der Waals surface area contributed by atoms with Crippen molar-refractivity contribution in [2.45, 2.75) is 19.6 Å². The zero-order valence-corrected chi connectivity index (χ0v) is 12.0. The van der Waals surface area contributed by atoms with Gasteiger partial charge in [0, 0.05) is 11.6 Å². The maximum Gasteiger partial charge on any atom is 0.387 e. The van der Waals surface area contributed by atoms with Crippen molar-refractivity contribution in [1.29, 1.82) is 0 Å². The highest BCUT2D eigenvalue weighted by atomic mass is 19.3.